The topological polar surface area (TPSA) is 78.5 Å². The predicted octanol–water partition coefficient (Wildman–Crippen LogP) is 3.30. The highest BCUT2D eigenvalue weighted by Crippen LogP contribution is 2.39. The lowest BCUT2D eigenvalue weighted by Crippen LogP contribution is -2.39. The maximum atomic E-state index is 12.6. The second-order valence-corrected chi connectivity index (χ2v) is 7.55. The SMILES string of the molecule is CN(C)C(=O)NC(=O)c1c(NC(=O)C=Cc2ccccc2)sc2c1CCC2. The molecule has 0 saturated carbocycles. The summed E-state index contributed by atoms with van der Waals surface area (Å²) in [4.78, 5) is 39.2. The van der Waals surface area contributed by atoms with Gasteiger partial charge in [-0.2, -0.15) is 0 Å². The van der Waals surface area contributed by atoms with E-state index >= 15 is 0 Å². The first-order valence-electron chi connectivity index (χ1n) is 8.67. The molecule has 0 fully saturated rings. The van der Waals surface area contributed by atoms with Gasteiger partial charge in [-0.1, -0.05) is 30.3 Å². The molecule has 27 heavy (non-hydrogen) atoms. The second kappa shape index (κ2) is 8.18. The van der Waals surface area contributed by atoms with E-state index in [1.54, 1.807) is 20.2 Å². The number of amides is 4. The summed E-state index contributed by atoms with van der Waals surface area (Å²) in [6, 6.07) is 9.01. The van der Waals surface area contributed by atoms with E-state index in [1.165, 1.54) is 22.3 Å². The maximum Gasteiger partial charge on any atom is 0.323 e. The fourth-order valence-electron chi connectivity index (χ4n) is 2.89. The molecule has 0 spiro atoms. The Bertz CT molecular complexity index is 901. The van der Waals surface area contributed by atoms with Crippen molar-refractivity contribution in [2.24, 2.45) is 0 Å². The van der Waals surface area contributed by atoms with E-state index in [1.807, 2.05) is 30.3 Å². The van der Waals surface area contributed by atoms with Crippen LogP contribution in [0.4, 0.5) is 9.80 Å². The van der Waals surface area contributed by atoms with Crippen molar-refractivity contribution in [1.82, 2.24) is 10.2 Å². The van der Waals surface area contributed by atoms with E-state index in [2.05, 4.69) is 10.6 Å². The van der Waals surface area contributed by atoms with Crippen molar-refractivity contribution in [2.45, 2.75) is 19.3 Å². The summed E-state index contributed by atoms with van der Waals surface area (Å²) in [5, 5.41) is 5.66. The van der Waals surface area contributed by atoms with Gasteiger partial charge in [-0.3, -0.25) is 14.9 Å². The van der Waals surface area contributed by atoms with Gasteiger partial charge in [-0.15, -0.1) is 11.3 Å². The number of rotatable bonds is 4. The van der Waals surface area contributed by atoms with E-state index < -0.39 is 11.9 Å². The molecule has 7 heteroatoms. The van der Waals surface area contributed by atoms with Crippen LogP contribution in [0.25, 0.3) is 6.08 Å². The van der Waals surface area contributed by atoms with Crippen LogP contribution in [-0.2, 0) is 17.6 Å². The highest BCUT2D eigenvalue weighted by molar-refractivity contribution is 7.17. The van der Waals surface area contributed by atoms with Crippen molar-refractivity contribution in [3.63, 3.8) is 0 Å². The molecule has 1 aromatic heterocycles. The van der Waals surface area contributed by atoms with Crippen LogP contribution in [0, 0.1) is 0 Å². The Balaban J connectivity index is 1.79. The number of nitrogens with zero attached hydrogens (tertiary/aromatic N) is 1. The third-order valence-corrected chi connectivity index (χ3v) is 5.45. The third kappa shape index (κ3) is 4.43. The number of imide groups is 1. The quantitative estimate of drug-likeness (QED) is 0.795. The summed E-state index contributed by atoms with van der Waals surface area (Å²) >= 11 is 1.41. The van der Waals surface area contributed by atoms with E-state index in [0.717, 1.165) is 35.3 Å². The fraction of sp³-hybridized carbons (Fsp3) is 0.250. The number of aryl methyl sites for hydroxylation is 1. The maximum absolute atomic E-state index is 12.6. The number of nitrogens with one attached hydrogen (secondary N) is 2. The third-order valence-electron chi connectivity index (χ3n) is 4.24. The van der Waals surface area contributed by atoms with Gasteiger partial charge in [0, 0.05) is 25.0 Å². The number of urea groups is 1. The Kier molecular flexibility index (Phi) is 5.71. The average Bonchev–Trinajstić information content (AvgIpc) is 3.21. The molecule has 0 saturated heterocycles. The monoisotopic (exact) mass is 383 g/mol. The Morgan fingerprint density at radius 1 is 1.11 bits per heavy atom. The number of thiophene rings is 1. The standard InChI is InChI=1S/C20H21N3O3S/c1-23(2)20(26)22-18(25)17-14-9-6-10-15(14)27-19(17)21-16(24)12-11-13-7-4-3-5-8-13/h3-5,7-8,11-12H,6,9-10H2,1-2H3,(H,21,24)(H,22,25,26). The van der Waals surface area contributed by atoms with Crippen molar-refractivity contribution < 1.29 is 14.4 Å². The lowest BCUT2D eigenvalue weighted by molar-refractivity contribution is -0.111. The zero-order chi connectivity index (χ0) is 19.4. The molecule has 1 aliphatic rings. The number of hydrogen-bond donors (Lipinski definition) is 2. The van der Waals surface area contributed by atoms with Gasteiger partial charge in [0.25, 0.3) is 5.91 Å². The van der Waals surface area contributed by atoms with Gasteiger partial charge in [0.05, 0.1) is 5.56 Å². The lowest BCUT2D eigenvalue weighted by Gasteiger charge is -2.12. The molecule has 0 atom stereocenters. The summed E-state index contributed by atoms with van der Waals surface area (Å²) in [5.41, 5.74) is 2.26. The summed E-state index contributed by atoms with van der Waals surface area (Å²) in [5.74, 6) is -0.790. The first kappa shape index (κ1) is 18.8. The Labute approximate surface area is 161 Å². The summed E-state index contributed by atoms with van der Waals surface area (Å²) in [7, 11) is 3.13. The zero-order valence-electron chi connectivity index (χ0n) is 15.2. The number of carbonyl (C=O) groups is 3. The molecule has 0 unspecified atom stereocenters. The van der Waals surface area contributed by atoms with Crippen LogP contribution in [0.2, 0.25) is 0 Å². The number of anilines is 1. The molecule has 2 N–H and O–H groups in total. The van der Waals surface area contributed by atoms with E-state index in [4.69, 9.17) is 0 Å². The first-order valence-corrected chi connectivity index (χ1v) is 9.48. The lowest BCUT2D eigenvalue weighted by atomic mass is 10.1. The number of fused-ring (bicyclic) bond motifs is 1. The largest absolute Gasteiger partial charge is 0.331 e. The molecule has 1 aliphatic carbocycles. The van der Waals surface area contributed by atoms with Crippen molar-refractivity contribution >= 4 is 40.3 Å². The van der Waals surface area contributed by atoms with Gasteiger partial charge in [0.15, 0.2) is 0 Å². The Morgan fingerprint density at radius 3 is 2.56 bits per heavy atom. The molecular weight excluding hydrogens is 362 g/mol. The smallest absolute Gasteiger partial charge is 0.323 e. The summed E-state index contributed by atoms with van der Waals surface area (Å²) in [6.07, 6.45) is 5.79. The van der Waals surface area contributed by atoms with Crippen molar-refractivity contribution in [1.29, 1.82) is 0 Å². The molecule has 140 valence electrons. The fourth-order valence-corrected chi connectivity index (χ4v) is 4.18. The Hall–Kier alpha value is -2.93. The van der Waals surface area contributed by atoms with Crippen molar-refractivity contribution in [3.8, 4) is 0 Å². The Morgan fingerprint density at radius 2 is 1.85 bits per heavy atom. The molecule has 0 bridgehead atoms. The molecule has 4 amide bonds. The molecule has 1 heterocycles. The summed E-state index contributed by atoms with van der Waals surface area (Å²) < 4.78 is 0. The van der Waals surface area contributed by atoms with Gasteiger partial charge in [0.2, 0.25) is 5.91 Å². The van der Waals surface area contributed by atoms with E-state index in [0.29, 0.717) is 10.6 Å². The van der Waals surface area contributed by atoms with Crippen molar-refractivity contribution in [3.05, 3.63) is 58.0 Å². The minimum atomic E-state index is -0.487. The van der Waals surface area contributed by atoms with Crippen LogP contribution < -0.4 is 10.6 Å². The average molecular weight is 383 g/mol. The minimum absolute atomic E-state index is 0.313. The van der Waals surface area contributed by atoms with Crippen LogP contribution in [-0.4, -0.2) is 36.8 Å². The number of carbonyl (C=O) groups excluding carboxylic acids is 3. The van der Waals surface area contributed by atoms with Gasteiger partial charge in [0.1, 0.15) is 5.00 Å². The van der Waals surface area contributed by atoms with Gasteiger partial charge in [-0.05, 0) is 36.5 Å². The molecule has 3 rings (SSSR count). The molecule has 2 aromatic rings. The van der Waals surface area contributed by atoms with Gasteiger partial charge < -0.3 is 10.2 Å². The first-order chi connectivity index (χ1) is 13.0. The van der Waals surface area contributed by atoms with Crippen LogP contribution in [0.5, 0.6) is 0 Å². The molecule has 6 nitrogen and oxygen atoms in total. The molecule has 0 aliphatic heterocycles. The van der Waals surface area contributed by atoms with Crippen molar-refractivity contribution in [2.75, 3.05) is 19.4 Å². The number of benzene rings is 1. The van der Waals surface area contributed by atoms with E-state index in [9.17, 15) is 14.4 Å². The molecule has 1 aromatic carbocycles. The molecule has 0 radical (unpaired) electrons. The van der Waals surface area contributed by atoms with Gasteiger partial charge >= 0.3 is 6.03 Å². The highest BCUT2D eigenvalue weighted by Gasteiger charge is 2.28. The van der Waals surface area contributed by atoms with Crippen LogP contribution in [0.15, 0.2) is 36.4 Å². The highest BCUT2D eigenvalue weighted by atomic mass is 32.1. The van der Waals surface area contributed by atoms with Crippen LogP contribution in [0.3, 0.4) is 0 Å². The predicted molar refractivity (Wildman–Crippen MR) is 107 cm³/mol. The van der Waals surface area contributed by atoms with Gasteiger partial charge in [-0.25, -0.2) is 4.79 Å². The van der Waals surface area contributed by atoms with E-state index in [-0.39, 0.29) is 5.91 Å². The zero-order valence-corrected chi connectivity index (χ0v) is 16.1. The molecular formula is C20H21N3O3S. The van der Waals surface area contributed by atoms with Crippen LogP contribution in [0.1, 0.15) is 32.8 Å². The van der Waals surface area contributed by atoms with Crippen LogP contribution >= 0.6 is 11.3 Å². The second-order valence-electron chi connectivity index (χ2n) is 6.45. The minimum Gasteiger partial charge on any atom is -0.331 e. The normalized spacial score (nSPS) is 12.7. The number of hydrogen-bond acceptors (Lipinski definition) is 4. The summed E-state index contributed by atoms with van der Waals surface area (Å²) in [6.45, 7) is 0.